The minimum atomic E-state index is -3.67. The lowest BCUT2D eigenvalue weighted by Gasteiger charge is -2.17. The molecule has 0 aliphatic rings. The molecule has 0 aliphatic carbocycles. The van der Waals surface area contributed by atoms with Crippen molar-refractivity contribution < 1.29 is 27.4 Å². The first-order chi connectivity index (χ1) is 13.7. The molecular weight excluding hydrogens is 416 g/mol. The monoisotopic (exact) mass is 442 g/mol. The Balaban J connectivity index is 2.67. The number of thioether (sulfide) groups is 1. The Kier molecular flexibility index (Phi) is 8.12. The van der Waals surface area contributed by atoms with Crippen molar-refractivity contribution in [2.45, 2.75) is 32.2 Å². The van der Waals surface area contributed by atoms with Crippen LogP contribution in [0.2, 0.25) is 0 Å². The van der Waals surface area contributed by atoms with E-state index in [1.165, 1.54) is 18.0 Å². The third-order valence-electron chi connectivity index (χ3n) is 4.04. The van der Waals surface area contributed by atoms with Crippen molar-refractivity contribution in [3.63, 3.8) is 0 Å². The normalized spacial score (nSPS) is 11.5. The summed E-state index contributed by atoms with van der Waals surface area (Å²) in [5, 5.41) is 3.77. The summed E-state index contributed by atoms with van der Waals surface area (Å²) in [6, 6.07) is 3.44. The maximum absolute atomic E-state index is 12.7. The molecule has 2 aromatic rings. The maximum atomic E-state index is 12.7. The zero-order chi connectivity index (χ0) is 21.6. The van der Waals surface area contributed by atoms with Crippen molar-refractivity contribution in [3.05, 3.63) is 23.9 Å². The number of sulfone groups is 1. The van der Waals surface area contributed by atoms with Crippen LogP contribution in [0.5, 0.6) is 11.6 Å². The Morgan fingerprint density at radius 3 is 2.52 bits per heavy atom. The van der Waals surface area contributed by atoms with E-state index in [-0.39, 0.29) is 23.1 Å². The van der Waals surface area contributed by atoms with Crippen LogP contribution in [0.4, 0.5) is 4.79 Å². The second kappa shape index (κ2) is 10.1. The number of aromatic nitrogens is 2. The Labute approximate surface area is 175 Å². The Bertz CT molecular complexity index is 969. The molecule has 0 radical (unpaired) electrons. The zero-order valence-corrected chi connectivity index (χ0v) is 18.9. The fourth-order valence-corrected chi connectivity index (χ4v) is 4.27. The Hall–Kier alpha value is -2.04. The van der Waals surface area contributed by atoms with Gasteiger partial charge in [-0.1, -0.05) is 19.1 Å². The summed E-state index contributed by atoms with van der Waals surface area (Å²) in [6.07, 6.45) is 2.62. The van der Waals surface area contributed by atoms with E-state index in [2.05, 4.69) is 5.10 Å². The Morgan fingerprint density at radius 1 is 1.21 bits per heavy atom. The molecule has 1 aromatic heterocycles. The molecule has 8 nitrogen and oxygen atoms in total. The van der Waals surface area contributed by atoms with Crippen molar-refractivity contribution in [2.75, 3.05) is 32.3 Å². The molecule has 29 heavy (non-hydrogen) atoms. The van der Waals surface area contributed by atoms with Crippen LogP contribution in [0.3, 0.4) is 0 Å². The first-order valence-electron chi connectivity index (χ1n) is 9.10. The molecule has 0 saturated carbocycles. The molecule has 0 amide bonds. The molecule has 0 N–H and O–H groups in total. The number of hydrogen-bond acceptors (Lipinski definition) is 8. The summed E-state index contributed by atoms with van der Waals surface area (Å²) in [5.74, 6) is 1.02. The lowest BCUT2D eigenvalue weighted by Crippen LogP contribution is -2.11. The molecule has 0 fully saturated rings. The van der Waals surface area contributed by atoms with Crippen LogP contribution in [0.15, 0.2) is 23.2 Å². The number of nitrogens with zero attached hydrogens (tertiary/aromatic N) is 2. The van der Waals surface area contributed by atoms with Gasteiger partial charge in [0, 0.05) is 31.2 Å². The summed E-state index contributed by atoms with van der Waals surface area (Å²) in [5.41, 5.74) is 1.46. The number of carbonyl (C=O) groups excluding carboxylic acids is 1. The average molecular weight is 443 g/mol. The van der Waals surface area contributed by atoms with Gasteiger partial charge < -0.3 is 14.2 Å². The maximum Gasteiger partial charge on any atom is 0.374 e. The fourth-order valence-electron chi connectivity index (χ4n) is 2.77. The summed E-state index contributed by atoms with van der Waals surface area (Å²) in [4.78, 5) is 12.1. The van der Waals surface area contributed by atoms with Gasteiger partial charge in [-0.2, -0.15) is 5.10 Å². The van der Waals surface area contributed by atoms with E-state index in [9.17, 15) is 13.2 Å². The summed E-state index contributed by atoms with van der Waals surface area (Å²) < 4.78 is 43.2. The van der Waals surface area contributed by atoms with Gasteiger partial charge in [-0.3, -0.25) is 0 Å². The van der Waals surface area contributed by atoms with Crippen molar-refractivity contribution in [1.82, 2.24) is 9.78 Å². The molecule has 160 valence electrons. The molecule has 1 aromatic carbocycles. The van der Waals surface area contributed by atoms with E-state index < -0.39 is 15.1 Å². The van der Waals surface area contributed by atoms with E-state index >= 15 is 0 Å². The van der Waals surface area contributed by atoms with Crippen LogP contribution in [-0.2, 0) is 21.1 Å². The van der Waals surface area contributed by atoms with Crippen LogP contribution in [0, 0.1) is 6.92 Å². The molecule has 0 spiro atoms. The van der Waals surface area contributed by atoms with E-state index in [4.69, 9.17) is 14.2 Å². The van der Waals surface area contributed by atoms with Gasteiger partial charge in [0.2, 0.25) is 5.88 Å². The van der Waals surface area contributed by atoms with Crippen molar-refractivity contribution in [2.24, 2.45) is 0 Å². The van der Waals surface area contributed by atoms with Gasteiger partial charge in [0.15, 0.2) is 9.84 Å². The van der Waals surface area contributed by atoms with E-state index in [0.717, 1.165) is 18.0 Å². The van der Waals surface area contributed by atoms with Crippen molar-refractivity contribution in [3.8, 4) is 22.8 Å². The minimum absolute atomic E-state index is 0.0321. The molecule has 10 heteroatoms. The number of benzene rings is 1. The Morgan fingerprint density at radius 2 is 1.93 bits per heavy atom. The molecule has 2 rings (SSSR count). The van der Waals surface area contributed by atoms with Crippen LogP contribution in [0.1, 0.15) is 19.4 Å². The minimum Gasteiger partial charge on any atom is -0.490 e. The third-order valence-corrected chi connectivity index (χ3v) is 5.79. The highest BCUT2D eigenvalue weighted by Gasteiger charge is 2.27. The number of hydrogen-bond donors (Lipinski definition) is 0. The first-order valence-corrected chi connectivity index (χ1v) is 12.0. The third kappa shape index (κ3) is 5.52. The smallest absolute Gasteiger partial charge is 0.374 e. The van der Waals surface area contributed by atoms with E-state index in [1.54, 1.807) is 19.1 Å². The van der Waals surface area contributed by atoms with Crippen molar-refractivity contribution in [1.29, 1.82) is 0 Å². The second-order valence-electron chi connectivity index (χ2n) is 6.17. The molecular formula is C19H26N2O6S2. The predicted molar refractivity (Wildman–Crippen MR) is 113 cm³/mol. The van der Waals surface area contributed by atoms with Crippen LogP contribution >= 0.6 is 11.8 Å². The highest BCUT2D eigenvalue weighted by molar-refractivity contribution is 8.13. The van der Waals surface area contributed by atoms with Gasteiger partial charge in [0.25, 0.3) is 0 Å². The average Bonchev–Trinajstić information content (AvgIpc) is 3.04. The summed E-state index contributed by atoms with van der Waals surface area (Å²) in [7, 11) is -2.13. The van der Waals surface area contributed by atoms with Gasteiger partial charge in [-0.25, -0.2) is 17.9 Å². The fraction of sp³-hybridized carbons (Fsp3) is 0.474. The second-order valence-corrected chi connectivity index (χ2v) is 9.32. The van der Waals surface area contributed by atoms with E-state index in [1.807, 2.05) is 13.8 Å². The number of ether oxygens (including phenoxy) is 3. The highest BCUT2D eigenvalue weighted by Crippen LogP contribution is 2.41. The van der Waals surface area contributed by atoms with Crippen LogP contribution in [-0.4, -0.2) is 55.8 Å². The van der Waals surface area contributed by atoms with Crippen LogP contribution < -0.4 is 9.47 Å². The zero-order valence-electron chi connectivity index (χ0n) is 17.2. The number of aryl methyl sites for hydroxylation is 2. The standard InChI is InChI=1S/C19H26N2O6S2/c1-6-21-18(27-19(22)28-7-2)15(12-20-21)14-9-8-13(3)16(26-11-10-25-4)17(14)29(5,23)24/h8-9,12H,6-7,10-11H2,1-5H3. The summed E-state index contributed by atoms with van der Waals surface area (Å²) >= 11 is 1.02. The molecule has 0 saturated heterocycles. The summed E-state index contributed by atoms with van der Waals surface area (Å²) in [6.45, 7) is 6.44. The first kappa shape index (κ1) is 23.2. The molecule has 0 aliphatic heterocycles. The van der Waals surface area contributed by atoms with Gasteiger partial charge in [0.1, 0.15) is 17.3 Å². The van der Waals surface area contributed by atoms with E-state index in [0.29, 0.717) is 35.6 Å². The lowest BCUT2D eigenvalue weighted by molar-refractivity contribution is 0.144. The molecule has 1 heterocycles. The highest BCUT2D eigenvalue weighted by atomic mass is 32.2. The predicted octanol–water partition coefficient (Wildman–Crippen LogP) is 3.56. The van der Waals surface area contributed by atoms with Gasteiger partial charge >= 0.3 is 5.30 Å². The molecule has 0 unspecified atom stereocenters. The quantitative estimate of drug-likeness (QED) is 0.430. The van der Waals surface area contributed by atoms with Gasteiger partial charge in [-0.15, -0.1) is 0 Å². The number of carbonyl (C=O) groups is 1. The SMILES string of the molecule is CCSC(=O)Oc1c(-c2ccc(C)c(OCCOC)c2S(C)(=O)=O)cnn1CC. The molecule has 0 atom stereocenters. The van der Waals surface area contributed by atoms with Crippen LogP contribution in [0.25, 0.3) is 11.1 Å². The topological polar surface area (TPSA) is 96.7 Å². The van der Waals surface area contributed by atoms with Gasteiger partial charge in [-0.05, 0) is 31.2 Å². The molecule has 0 bridgehead atoms. The largest absolute Gasteiger partial charge is 0.490 e. The number of methoxy groups -OCH3 is 1. The van der Waals surface area contributed by atoms with Gasteiger partial charge in [0.05, 0.1) is 18.4 Å². The lowest BCUT2D eigenvalue weighted by atomic mass is 10.1. The van der Waals surface area contributed by atoms with Crippen molar-refractivity contribution >= 4 is 26.9 Å². The number of rotatable bonds is 9.